The number of carboxylic acids is 1. The summed E-state index contributed by atoms with van der Waals surface area (Å²) >= 11 is 0. The number of aryl methyl sites for hydroxylation is 4. The zero-order valence-corrected chi connectivity index (χ0v) is 76.3. The van der Waals surface area contributed by atoms with Crippen LogP contribution in [0.1, 0.15) is 93.2 Å². The van der Waals surface area contributed by atoms with Gasteiger partial charge in [-0.3, -0.25) is 43.5 Å². The molecule has 0 spiro atoms. The smallest absolute Gasteiger partial charge is 0.430 e. The predicted molar refractivity (Wildman–Crippen MR) is 510 cm³/mol. The quantitative estimate of drug-likeness (QED) is 0.00499. The number of rotatable bonds is 31. The van der Waals surface area contributed by atoms with Crippen molar-refractivity contribution in [2.24, 2.45) is 17.6 Å². The number of methoxy groups -OCH3 is 1. The Hall–Kier alpha value is -17.0. The van der Waals surface area contributed by atoms with E-state index in [2.05, 4.69) is 101 Å². The number of esters is 3. The van der Waals surface area contributed by atoms with Crippen molar-refractivity contribution in [3.8, 4) is 100 Å². The number of amides is 1. The van der Waals surface area contributed by atoms with Gasteiger partial charge in [0.2, 0.25) is 5.91 Å². The highest BCUT2D eigenvalue weighted by Crippen LogP contribution is 2.36. The number of hydrogen-bond donors (Lipinski definition) is 8. The lowest BCUT2D eigenvalue weighted by Gasteiger charge is -2.18. The maximum atomic E-state index is 12.5. The molecule has 1 radical (unpaired) electrons. The molecule has 14 aromatic rings. The highest BCUT2D eigenvalue weighted by atomic mass is 32.3. The number of carbonyl (C=O) groups is 5. The van der Waals surface area contributed by atoms with Gasteiger partial charge < -0.3 is 46.9 Å². The number of anilines is 3. The Bertz CT molecular complexity index is 6300. The Kier molecular flexibility index (Phi) is 44.8. The molecule has 0 bridgehead atoms. The number of carboxylic acid groups (broad SMARTS) is 1. The summed E-state index contributed by atoms with van der Waals surface area (Å²) in [6.45, 7) is 10.5. The zero-order chi connectivity index (χ0) is 99.4. The molecule has 9 aromatic heterocycles. The molecule has 2 atom stereocenters. The molecule has 37 nitrogen and oxygen atoms in total. The first-order valence-electron chi connectivity index (χ1n) is 42.1. The van der Waals surface area contributed by atoms with Crippen LogP contribution in [-0.2, 0) is 105 Å². The zero-order valence-electron chi connectivity index (χ0n) is 75.5. The van der Waals surface area contributed by atoms with E-state index in [1.807, 2.05) is 137 Å². The SMILES string of the molecule is CCOC(=O)C(CC)Cc1cc(-c2cncnc2)ccc1-c1ccnc([B]OC=N)c1.CCOC(=O)C(CC)Cc1cc(-c2cncnc2)ccc1C.COC(=O)CCc1cc(-c2cncnc2)ccc1-c1ccnc(N)c1.NC(=O)CCc1cc(-c2cncnc2)ccc1-c1ccnc(N)c1.Nc1cc(-c2ccc(-c3cncnc3)cc2CCC(=O)O)ccn1.O=C=O.O=C=O.O=S(=O)(O)O. The molecule has 12 N–H and O–H groups in total. The lowest BCUT2D eigenvalue weighted by atomic mass is 9.87. The number of hydrogen-bond acceptors (Lipinski definition) is 33. The molecule has 2 unspecified atom stereocenters. The number of nitrogens with one attached hydrogen (secondary N) is 1. The van der Waals surface area contributed by atoms with Crippen molar-refractivity contribution in [1.82, 2.24) is 69.8 Å². The molecule has 0 fully saturated rings. The number of nitrogens with two attached hydrogens (primary N) is 4. The third-order valence-corrected chi connectivity index (χ3v) is 20.1. The summed E-state index contributed by atoms with van der Waals surface area (Å²) in [6.07, 6.45) is 38.0. The van der Waals surface area contributed by atoms with Gasteiger partial charge in [-0.15, -0.1) is 0 Å². The van der Waals surface area contributed by atoms with Gasteiger partial charge in [0.1, 0.15) is 55.5 Å². The van der Waals surface area contributed by atoms with E-state index in [9.17, 15) is 24.0 Å². The highest BCUT2D eigenvalue weighted by molar-refractivity contribution is 7.79. The molecule has 0 saturated carbocycles. The number of ether oxygens (including phenoxy) is 3. The predicted octanol–water partition coefficient (Wildman–Crippen LogP) is 12.9. The summed E-state index contributed by atoms with van der Waals surface area (Å²) in [5.41, 5.74) is 46.9. The summed E-state index contributed by atoms with van der Waals surface area (Å²) in [4.78, 5) is 148. The van der Waals surface area contributed by atoms with Gasteiger partial charge in [-0.25, -0.2) is 64.8 Å². The van der Waals surface area contributed by atoms with E-state index in [1.54, 1.807) is 92.8 Å². The van der Waals surface area contributed by atoms with E-state index < -0.39 is 16.4 Å². The second-order valence-corrected chi connectivity index (χ2v) is 30.1. The molecule has 0 aliphatic heterocycles. The highest BCUT2D eigenvalue weighted by Gasteiger charge is 2.24. The van der Waals surface area contributed by atoms with Crippen molar-refractivity contribution in [2.45, 2.75) is 98.8 Å². The van der Waals surface area contributed by atoms with Crippen LogP contribution in [0.15, 0.2) is 258 Å². The number of primary amides is 1. The number of benzene rings is 5. The minimum Gasteiger partial charge on any atom is -0.549 e. The van der Waals surface area contributed by atoms with Crippen molar-refractivity contribution < 1.29 is 84.6 Å². The molecule has 1 amide bonds. The molecular weight excluding hydrogens is 1770 g/mol. The Morgan fingerprint density at radius 3 is 1.01 bits per heavy atom. The molecule has 703 valence electrons. The molecule has 137 heavy (non-hydrogen) atoms. The Morgan fingerprint density at radius 1 is 0.416 bits per heavy atom. The van der Waals surface area contributed by atoms with E-state index in [0.29, 0.717) is 81.2 Å². The summed E-state index contributed by atoms with van der Waals surface area (Å²) < 4.78 is 51.7. The first kappa shape index (κ1) is 107. The molecule has 0 aliphatic rings. The largest absolute Gasteiger partial charge is 0.549 e. The minimum absolute atomic E-state index is 0.0578. The van der Waals surface area contributed by atoms with Crippen LogP contribution in [0.5, 0.6) is 0 Å². The summed E-state index contributed by atoms with van der Waals surface area (Å²) in [5, 5.41) is 16.0. The summed E-state index contributed by atoms with van der Waals surface area (Å²) in [5.74, 6) is -0.703. The number of aromatic nitrogens is 14. The molecule has 14 rings (SSSR count). The normalized spacial score (nSPS) is 10.6. The van der Waals surface area contributed by atoms with Gasteiger partial charge in [-0.2, -0.15) is 27.6 Å². The first-order valence-corrected chi connectivity index (χ1v) is 43.5. The number of carbonyl (C=O) groups excluding carboxylic acids is 8. The van der Waals surface area contributed by atoms with Crippen LogP contribution in [0.25, 0.3) is 100 Å². The van der Waals surface area contributed by atoms with Gasteiger partial charge in [0.05, 0.1) is 37.8 Å². The van der Waals surface area contributed by atoms with E-state index in [0.717, 1.165) is 135 Å². The average Bonchev–Trinajstić information content (AvgIpc) is 0.809. The monoisotopic (exact) mass is 1870 g/mol. The first-order chi connectivity index (χ1) is 66.1. The number of nitrogen functional groups attached to an aromatic ring is 3. The molecule has 0 saturated heterocycles. The second kappa shape index (κ2) is 57.3. The molecule has 39 heteroatoms. The number of nitrogens with zero attached hydrogens (tertiary/aromatic N) is 14. The van der Waals surface area contributed by atoms with Gasteiger partial charge in [0, 0.05) is 134 Å². The lowest BCUT2D eigenvalue weighted by molar-refractivity contribution is -0.193. The number of pyridine rings is 4. The van der Waals surface area contributed by atoms with Gasteiger partial charge in [-0.05, 0) is 220 Å². The van der Waals surface area contributed by atoms with Gasteiger partial charge in [-0.1, -0.05) is 105 Å². The van der Waals surface area contributed by atoms with Gasteiger partial charge >= 0.3 is 54.1 Å². The molecule has 9 heterocycles. The second-order valence-electron chi connectivity index (χ2n) is 29.2. The van der Waals surface area contributed by atoms with Crippen LogP contribution < -0.4 is 28.5 Å². The third kappa shape index (κ3) is 36.6. The fourth-order valence-corrected chi connectivity index (χ4v) is 13.6. The van der Waals surface area contributed by atoms with Crippen LogP contribution in [0.4, 0.5) is 17.5 Å². The summed E-state index contributed by atoms with van der Waals surface area (Å²) in [7, 11) is -1.86. The van der Waals surface area contributed by atoms with Crippen molar-refractivity contribution in [1.29, 1.82) is 5.41 Å². The Balaban J connectivity index is 0.000000227. The minimum atomic E-state index is -4.67. The lowest BCUT2D eigenvalue weighted by Crippen LogP contribution is -2.21. The standard InChI is InChI=1S/C23H24BN4O3.C19H18N4O2.C18H17N5O.C18H16N4O2.C18H22N2O2.2CO2.H2O4S/c1-3-16(23(29)30-4-2)9-19-10-17(20-12-26-15-27-13-20)5-6-21(19)18-7-8-28-22(11-18)24-31-14-25;1-25-19(24)5-3-14-8-13(16-10-21-12-22-11-16)2-4-17(14)15-6-7-23-18(20)9-15;19-17-8-14(5-6-23-17)16-3-1-12(15-9-21-11-22-10-15)7-13(16)2-4-18(20)24;19-17-8-14(5-6-22-17)16-3-1-12(15-9-20-11-21-10-15)7-13(16)2-4-18(23)24;1-4-14(18(21)22-5-2)8-16-9-15(7-6-13(16)3)17-10-19-12-20-11-17;2*2-1-3;1-5(2,3)4/h5-8,10-16,25H,3-4,9H2,1-2H3;2,4,6-12H,3,5H2,1H3,(H2,20,23);1,3,5-11H,2,4H2,(H2,19,23)(H2,20,24);1,3,5-11H,2,4H2,(H2,19,22)(H,23,24);6-7,9-12,14H,4-5,8H2,1-3H3;;;(H2,1,2,3,4). The Labute approximate surface area is 790 Å². The summed E-state index contributed by atoms with van der Waals surface area (Å²) in [6, 6.07) is 45.3. The fourth-order valence-electron chi connectivity index (χ4n) is 13.6. The maximum absolute atomic E-state index is 12.5. The van der Waals surface area contributed by atoms with Crippen molar-refractivity contribution in [3.05, 3.63) is 291 Å². The van der Waals surface area contributed by atoms with E-state index in [1.165, 1.54) is 57.4 Å². The van der Waals surface area contributed by atoms with Crippen LogP contribution in [0, 0.1) is 24.2 Å². The van der Waals surface area contributed by atoms with E-state index in [4.69, 9.17) is 89.0 Å². The van der Waals surface area contributed by atoms with E-state index in [-0.39, 0.29) is 60.8 Å². The molecular formula is C98H99BN19O18S. The van der Waals surface area contributed by atoms with Gasteiger partial charge in [0.25, 0.3) is 0 Å². The van der Waals surface area contributed by atoms with Crippen LogP contribution in [-0.4, -0.2) is 169 Å². The van der Waals surface area contributed by atoms with Crippen molar-refractivity contribution in [3.63, 3.8) is 0 Å². The van der Waals surface area contributed by atoms with Gasteiger partial charge in [0.15, 0.2) is 0 Å². The Morgan fingerprint density at radius 2 is 0.708 bits per heavy atom. The topological polar surface area (TPSA) is 594 Å². The molecule has 5 aromatic carbocycles. The van der Waals surface area contributed by atoms with Crippen LogP contribution in [0.2, 0.25) is 0 Å². The van der Waals surface area contributed by atoms with E-state index >= 15 is 0 Å². The van der Waals surface area contributed by atoms with Crippen LogP contribution >= 0.6 is 0 Å². The molecule has 0 aliphatic carbocycles. The fraction of sp³-hybridized carbons (Fsp3) is 0.204. The van der Waals surface area contributed by atoms with Crippen molar-refractivity contribution >= 4 is 89.4 Å². The van der Waals surface area contributed by atoms with Crippen molar-refractivity contribution in [2.75, 3.05) is 37.5 Å². The number of aliphatic carboxylic acids is 1. The third-order valence-electron chi connectivity index (χ3n) is 20.1. The maximum Gasteiger partial charge on any atom is 0.430 e. The van der Waals surface area contributed by atoms with Crippen LogP contribution in [0.3, 0.4) is 0 Å². The average molecular weight is 1870 g/mol.